The summed E-state index contributed by atoms with van der Waals surface area (Å²) < 4.78 is 7.46. The maximum Gasteiger partial charge on any atom is 0.167 e. The molecule has 0 bridgehead atoms. The molecule has 7 rings (SSSR count). The summed E-state index contributed by atoms with van der Waals surface area (Å²) in [6, 6.07) is 14.8. The molecule has 200 valence electrons. The average Bonchev–Trinajstić information content (AvgIpc) is 3.56. The van der Waals surface area contributed by atoms with Crippen molar-refractivity contribution in [3.05, 3.63) is 72.3 Å². The second-order valence-corrected chi connectivity index (χ2v) is 10.2. The molecule has 0 spiro atoms. The van der Waals surface area contributed by atoms with Gasteiger partial charge in [0, 0.05) is 6.42 Å². The minimum absolute atomic E-state index is 0.265. The van der Waals surface area contributed by atoms with Crippen LogP contribution in [0.25, 0.3) is 32.7 Å². The number of aliphatic hydroxyl groups excluding tert-OH is 5. The average molecular weight is 530 g/mol. The second-order valence-electron chi connectivity index (χ2n) is 10.2. The van der Waals surface area contributed by atoms with Crippen molar-refractivity contribution in [2.45, 2.75) is 49.2 Å². The van der Waals surface area contributed by atoms with Crippen molar-refractivity contribution < 1.29 is 30.3 Å². The summed E-state index contributed by atoms with van der Waals surface area (Å²) in [5, 5.41) is 59.8. The molecule has 1 aliphatic carbocycles. The number of anilines is 1. The van der Waals surface area contributed by atoms with Crippen LogP contribution in [0.2, 0.25) is 0 Å². The number of ether oxygens (including phenoxy) is 1. The summed E-state index contributed by atoms with van der Waals surface area (Å²) in [5.74, 6) is 0.326. The molecular formula is C28H27N5O6. The molecule has 3 aromatic carbocycles. The van der Waals surface area contributed by atoms with E-state index in [1.807, 2.05) is 42.5 Å². The number of nitrogens with zero attached hydrogens (tertiary/aromatic N) is 4. The highest BCUT2D eigenvalue weighted by Crippen LogP contribution is 2.44. The Morgan fingerprint density at radius 3 is 2.54 bits per heavy atom. The van der Waals surface area contributed by atoms with Crippen LogP contribution in [0.4, 0.5) is 5.82 Å². The Kier molecular flexibility index (Phi) is 5.74. The monoisotopic (exact) mass is 529 g/mol. The fourth-order valence-electron chi connectivity index (χ4n) is 6.00. The van der Waals surface area contributed by atoms with E-state index in [0.29, 0.717) is 28.1 Å². The van der Waals surface area contributed by atoms with Gasteiger partial charge in [-0.15, -0.1) is 0 Å². The van der Waals surface area contributed by atoms with Gasteiger partial charge in [0.1, 0.15) is 37.0 Å². The van der Waals surface area contributed by atoms with Crippen LogP contribution in [0, 0.1) is 0 Å². The van der Waals surface area contributed by atoms with E-state index >= 15 is 0 Å². The van der Waals surface area contributed by atoms with Gasteiger partial charge in [-0.25, -0.2) is 15.0 Å². The summed E-state index contributed by atoms with van der Waals surface area (Å²) >= 11 is 0. The number of hydrogen-bond donors (Lipinski definition) is 6. The lowest BCUT2D eigenvalue weighted by Gasteiger charge is -2.38. The van der Waals surface area contributed by atoms with Crippen molar-refractivity contribution in [3.63, 3.8) is 0 Å². The fraction of sp³-hybridized carbons (Fsp3) is 0.321. The first kappa shape index (κ1) is 24.3. The number of fused-ring (bicyclic) bond motifs is 6. The van der Waals surface area contributed by atoms with Crippen LogP contribution in [-0.2, 0) is 4.74 Å². The highest BCUT2D eigenvalue weighted by molar-refractivity contribution is 6.10. The van der Waals surface area contributed by atoms with Gasteiger partial charge in [-0.3, -0.25) is 4.57 Å². The zero-order chi connectivity index (χ0) is 26.8. The molecule has 1 saturated heterocycles. The molecule has 7 atom stereocenters. The number of aromatic nitrogens is 4. The molecular weight excluding hydrogens is 502 g/mol. The van der Waals surface area contributed by atoms with Crippen LogP contribution in [0.1, 0.15) is 35.9 Å². The largest absolute Gasteiger partial charge is 0.394 e. The lowest BCUT2D eigenvalue weighted by Crippen LogP contribution is -2.44. The third-order valence-corrected chi connectivity index (χ3v) is 7.97. The van der Waals surface area contributed by atoms with Crippen LogP contribution < -0.4 is 5.32 Å². The van der Waals surface area contributed by atoms with Crippen LogP contribution in [0.3, 0.4) is 0 Å². The number of hydrogen-bond acceptors (Lipinski definition) is 10. The van der Waals surface area contributed by atoms with Gasteiger partial charge in [0.05, 0.1) is 25.1 Å². The van der Waals surface area contributed by atoms with Crippen molar-refractivity contribution in [2.24, 2.45) is 0 Å². The molecule has 0 radical (unpaired) electrons. The van der Waals surface area contributed by atoms with Crippen molar-refractivity contribution in [3.8, 4) is 0 Å². The van der Waals surface area contributed by atoms with E-state index in [1.54, 1.807) is 10.6 Å². The topological polar surface area (TPSA) is 166 Å². The van der Waals surface area contributed by atoms with E-state index in [1.165, 1.54) is 12.7 Å². The van der Waals surface area contributed by atoms with Gasteiger partial charge in [-0.05, 0) is 32.7 Å². The quantitative estimate of drug-likeness (QED) is 0.189. The van der Waals surface area contributed by atoms with Gasteiger partial charge in [-0.1, -0.05) is 48.5 Å². The van der Waals surface area contributed by atoms with Crippen molar-refractivity contribution in [1.82, 2.24) is 19.5 Å². The summed E-state index contributed by atoms with van der Waals surface area (Å²) in [5.41, 5.74) is 2.04. The minimum atomic E-state index is -1.43. The van der Waals surface area contributed by atoms with Gasteiger partial charge in [0.15, 0.2) is 17.0 Å². The molecule has 2 aromatic heterocycles. The van der Waals surface area contributed by atoms with E-state index < -0.39 is 42.8 Å². The lowest BCUT2D eigenvalue weighted by atomic mass is 9.78. The molecule has 3 heterocycles. The van der Waals surface area contributed by atoms with Crippen LogP contribution >= 0.6 is 0 Å². The normalized spacial score (nSPS) is 28.8. The molecule has 0 amide bonds. The first-order valence-corrected chi connectivity index (χ1v) is 12.8. The summed E-state index contributed by atoms with van der Waals surface area (Å²) in [6.45, 7) is -0.304. The Bertz CT molecular complexity index is 1710. The number of aliphatic hydroxyl groups is 5. The van der Waals surface area contributed by atoms with Gasteiger partial charge >= 0.3 is 0 Å². The standard InChI is InChI=1S/C28H27N5O6/c34-10-18-17(35)9-19(39-18)33-12-31-23-27(29-11-30-28(23)33)32-22-21-16(24(36)26(38)25(22)37)8-7-14-6-5-13-3-1-2-4-15(13)20(14)21/h1-8,11-12,17-19,22,24-26,34-38H,9-10H2,(H,29,30,32). The smallest absolute Gasteiger partial charge is 0.167 e. The van der Waals surface area contributed by atoms with Crippen molar-refractivity contribution in [1.29, 1.82) is 0 Å². The summed E-state index contributed by atoms with van der Waals surface area (Å²) in [6.07, 6.45) is -2.99. The maximum atomic E-state index is 11.3. The van der Waals surface area contributed by atoms with Crippen LogP contribution in [0.5, 0.6) is 0 Å². The van der Waals surface area contributed by atoms with Gasteiger partial charge in [0.2, 0.25) is 0 Å². The molecule has 0 saturated carbocycles. The molecule has 7 unspecified atom stereocenters. The first-order valence-electron chi connectivity index (χ1n) is 12.8. The van der Waals surface area contributed by atoms with Crippen LogP contribution in [0.15, 0.2) is 61.2 Å². The zero-order valence-electron chi connectivity index (χ0n) is 20.7. The Morgan fingerprint density at radius 2 is 1.72 bits per heavy atom. The SMILES string of the molecule is OCC1OC(n2cnc3c(NC4c5c(ccc6ccc7ccccc7c56)C(O)C(O)C4O)ncnc32)CC1O. The number of imidazole rings is 1. The number of rotatable bonds is 4. The van der Waals surface area contributed by atoms with Gasteiger partial charge in [0.25, 0.3) is 0 Å². The highest BCUT2D eigenvalue weighted by atomic mass is 16.5. The fourth-order valence-corrected chi connectivity index (χ4v) is 6.00. The molecule has 1 fully saturated rings. The third-order valence-electron chi connectivity index (χ3n) is 7.97. The molecule has 6 N–H and O–H groups in total. The van der Waals surface area contributed by atoms with E-state index in [9.17, 15) is 25.5 Å². The molecule has 39 heavy (non-hydrogen) atoms. The molecule has 11 nitrogen and oxygen atoms in total. The molecule has 5 aromatic rings. The summed E-state index contributed by atoms with van der Waals surface area (Å²) in [4.78, 5) is 13.3. The Labute approximate surface area is 222 Å². The van der Waals surface area contributed by atoms with Crippen molar-refractivity contribution >= 4 is 38.5 Å². The van der Waals surface area contributed by atoms with Gasteiger partial charge < -0.3 is 35.6 Å². The summed E-state index contributed by atoms with van der Waals surface area (Å²) in [7, 11) is 0. The third kappa shape index (κ3) is 3.70. The Hall–Kier alpha value is -3.71. The molecule has 2 aliphatic rings. The Balaban J connectivity index is 1.36. The first-order chi connectivity index (χ1) is 19.0. The lowest BCUT2D eigenvalue weighted by molar-refractivity contribution is -0.0766. The van der Waals surface area contributed by atoms with Crippen LogP contribution in [-0.4, -0.2) is 76.1 Å². The van der Waals surface area contributed by atoms with E-state index in [4.69, 9.17) is 4.74 Å². The van der Waals surface area contributed by atoms with Gasteiger partial charge in [-0.2, -0.15) is 0 Å². The maximum absolute atomic E-state index is 11.3. The second kappa shape index (κ2) is 9.19. The van der Waals surface area contributed by atoms with Crippen molar-refractivity contribution in [2.75, 3.05) is 11.9 Å². The highest BCUT2D eigenvalue weighted by Gasteiger charge is 2.42. The van der Waals surface area contributed by atoms with E-state index in [0.717, 1.165) is 21.5 Å². The Morgan fingerprint density at radius 1 is 0.923 bits per heavy atom. The van der Waals surface area contributed by atoms with E-state index in [-0.39, 0.29) is 13.0 Å². The molecule has 11 heteroatoms. The number of benzene rings is 3. The van der Waals surface area contributed by atoms with E-state index in [2.05, 4.69) is 20.3 Å². The predicted molar refractivity (Wildman–Crippen MR) is 142 cm³/mol. The minimum Gasteiger partial charge on any atom is -0.394 e. The zero-order valence-corrected chi connectivity index (χ0v) is 20.7. The number of nitrogens with one attached hydrogen (secondary N) is 1. The predicted octanol–water partition coefficient (Wildman–Crippen LogP) is 1.70. The molecule has 1 aliphatic heterocycles.